The molecule has 2 rings (SSSR count). The Labute approximate surface area is 117 Å². The van der Waals surface area contributed by atoms with E-state index < -0.39 is 0 Å². The van der Waals surface area contributed by atoms with Gasteiger partial charge in [0, 0.05) is 33.2 Å². The van der Waals surface area contributed by atoms with E-state index >= 15 is 0 Å². The smallest absolute Gasteiger partial charge is 0.409 e. The first-order valence-corrected chi connectivity index (χ1v) is 6.53. The molecule has 1 saturated heterocycles. The van der Waals surface area contributed by atoms with Crippen molar-refractivity contribution in [3.63, 3.8) is 0 Å². The van der Waals surface area contributed by atoms with Gasteiger partial charge in [-0.15, -0.1) is 0 Å². The standard InChI is InChI=1S/C12H19N5O3/c1-3-20-12(19)17-6-4-16(5-7-17)11(18)10-9(13)8-14-15(10)2/h8H,3-7,13H2,1-2H3. The van der Waals surface area contributed by atoms with Crippen LogP contribution in [-0.4, -0.2) is 64.4 Å². The minimum atomic E-state index is -0.334. The zero-order valence-corrected chi connectivity index (χ0v) is 11.7. The normalized spacial score (nSPS) is 15.3. The number of amides is 2. The number of hydrogen-bond acceptors (Lipinski definition) is 5. The molecule has 0 radical (unpaired) electrons. The number of carbonyl (C=O) groups is 2. The number of piperazine rings is 1. The number of nitrogens with two attached hydrogens (primary N) is 1. The highest BCUT2D eigenvalue weighted by molar-refractivity contribution is 5.97. The summed E-state index contributed by atoms with van der Waals surface area (Å²) >= 11 is 0. The van der Waals surface area contributed by atoms with Gasteiger partial charge >= 0.3 is 6.09 Å². The molecular formula is C12H19N5O3. The molecule has 8 heteroatoms. The summed E-state index contributed by atoms with van der Waals surface area (Å²) in [7, 11) is 1.68. The van der Waals surface area contributed by atoms with Crippen LogP contribution in [0.3, 0.4) is 0 Å². The topological polar surface area (TPSA) is 93.7 Å². The van der Waals surface area contributed by atoms with Gasteiger partial charge in [-0.1, -0.05) is 0 Å². The zero-order valence-electron chi connectivity index (χ0n) is 11.7. The van der Waals surface area contributed by atoms with Crippen molar-refractivity contribution < 1.29 is 14.3 Å². The Hall–Kier alpha value is -2.25. The molecule has 1 aromatic heterocycles. The molecule has 8 nitrogen and oxygen atoms in total. The average Bonchev–Trinajstić information content (AvgIpc) is 2.78. The van der Waals surface area contributed by atoms with Gasteiger partial charge in [0.2, 0.25) is 0 Å². The molecule has 20 heavy (non-hydrogen) atoms. The molecule has 1 aliphatic rings. The third-order valence-corrected chi connectivity index (χ3v) is 3.26. The van der Waals surface area contributed by atoms with Crippen LogP contribution in [0.25, 0.3) is 0 Å². The highest BCUT2D eigenvalue weighted by Gasteiger charge is 2.27. The number of aryl methyl sites for hydroxylation is 1. The number of rotatable bonds is 2. The lowest BCUT2D eigenvalue weighted by Gasteiger charge is -2.34. The fourth-order valence-electron chi connectivity index (χ4n) is 2.17. The molecule has 0 unspecified atom stereocenters. The van der Waals surface area contributed by atoms with Crippen molar-refractivity contribution in [1.82, 2.24) is 19.6 Å². The molecular weight excluding hydrogens is 262 g/mol. The Morgan fingerprint density at radius 3 is 2.40 bits per heavy atom. The van der Waals surface area contributed by atoms with Crippen molar-refractivity contribution >= 4 is 17.7 Å². The number of nitrogen functional groups attached to an aromatic ring is 1. The van der Waals surface area contributed by atoms with E-state index in [4.69, 9.17) is 10.5 Å². The molecule has 0 saturated carbocycles. The van der Waals surface area contributed by atoms with Gasteiger partial charge < -0.3 is 20.3 Å². The van der Waals surface area contributed by atoms with Crippen LogP contribution in [0.4, 0.5) is 10.5 Å². The van der Waals surface area contributed by atoms with E-state index in [1.807, 2.05) is 0 Å². The van der Waals surface area contributed by atoms with Gasteiger partial charge in [0.1, 0.15) is 5.69 Å². The first kappa shape index (κ1) is 14.2. The van der Waals surface area contributed by atoms with Gasteiger partial charge in [-0.2, -0.15) is 5.10 Å². The Bertz CT molecular complexity index is 486. The number of carbonyl (C=O) groups excluding carboxylic acids is 2. The summed E-state index contributed by atoms with van der Waals surface area (Å²) in [6, 6.07) is 0. The van der Waals surface area contributed by atoms with Crippen molar-refractivity contribution in [3.05, 3.63) is 11.9 Å². The summed E-state index contributed by atoms with van der Waals surface area (Å²) in [5.41, 5.74) is 6.50. The number of aromatic nitrogens is 2. The summed E-state index contributed by atoms with van der Waals surface area (Å²) in [6.45, 7) is 3.96. The molecule has 0 spiro atoms. The second-order valence-corrected chi connectivity index (χ2v) is 4.55. The molecule has 1 aromatic rings. The van der Waals surface area contributed by atoms with Gasteiger partial charge in [0.25, 0.3) is 5.91 Å². The van der Waals surface area contributed by atoms with Gasteiger partial charge in [-0.25, -0.2) is 4.79 Å². The maximum Gasteiger partial charge on any atom is 0.409 e. The fourth-order valence-corrected chi connectivity index (χ4v) is 2.17. The Morgan fingerprint density at radius 2 is 1.90 bits per heavy atom. The predicted molar refractivity (Wildman–Crippen MR) is 72.1 cm³/mol. The molecule has 0 aliphatic carbocycles. The van der Waals surface area contributed by atoms with Gasteiger partial charge in [0.15, 0.2) is 0 Å². The van der Waals surface area contributed by atoms with Crippen molar-refractivity contribution in [2.24, 2.45) is 7.05 Å². The van der Waals surface area contributed by atoms with E-state index in [1.54, 1.807) is 23.8 Å². The first-order chi connectivity index (χ1) is 9.54. The number of hydrogen-bond donors (Lipinski definition) is 1. The Kier molecular flexibility index (Phi) is 4.11. The van der Waals surface area contributed by atoms with Crippen LogP contribution in [-0.2, 0) is 11.8 Å². The quantitative estimate of drug-likeness (QED) is 0.818. The molecule has 0 bridgehead atoms. The second-order valence-electron chi connectivity index (χ2n) is 4.55. The largest absolute Gasteiger partial charge is 0.450 e. The lowest BCUT2D eigenvalue weighted by Crippen LogP contribution is -2.51. The van der Waals surface area contributed by atoms with E-state index in [2.05, 4.69) is 5.10 Å². The van der Waals surface area contributed by atoms with Gasteiger partial charge in [-0.05, 0) is 6.92 Å². The van der Waals surface area contributed by atoms with E-state index in [9.17, 15) is 9.59 Å². The van der Waals surface area contributed by atoms with Crippen molar-refractivity contribution in [2.75, 3.05) is 38.5 Å². The zero-order chi connectivity index (χ0) is 14.7. The molecule has 1 aliphatic heterocycles. The summed E-state index contributed by atoms with van der Waals surface area (Å²) in [5.74, 6) is -0.161. The van der Waals surface area contributed by atoms with Gasteiger partial charge in [-0.3, -0.25) is 9.48 Å². The SMILES string of the molecule is CCOC(=O)N1CCN(C(=O)c2c(N)cnn2C)CC1. The van der Waals surface area contributed by atoms with E-state index in [-0.39, 0.29) is 12.0 Å². The van der Waals surface area contributed by atoms with Crippen LogP contribution in [0.5, 0.6) is 0 Å². The first-order valence-electron chi connectivity index (χ1n) is 6.53. The van der Waals surface area contributed by atoms with Crippen LogP contribution < -0.4 is 5.73 Å². The van der Waals surface area contributed by atoms with Crippen molar-refractivity contribution in [2.45, 2.75) is 6.92 Å². The lowest BCUT2D eigenvalue weighted by atomic mass is 10.2. The summed E-state index contributed by atoms with van der Waals surface area (Å²) in [6.07, 6.45) is 1.13. The highest BCUT2D eigenvalue weighted by atomic mass is 16.6. The summed E-state index contributed by atoms with van der Waals surface area (Å²) in [4.78, 5) is 27.2. The minimum Gasteiger partial charge on any atom is -0.450 e. The van der Waals surface area contributed by atoms with Crippen LogP contribution >= 0.6 is 0 Å². The molecule has 0 atom stereocenters. The van der Waals surface area contributed by atoms with Crippen LogP contribution in [0.2, 0.25) is 0 Å². The Balaban J connectivity index is 1.97. The van der Waals surface area contributed by atoms with E-state index in [0.717, 1.165) is 0 Å². The van der Waals surface area contributed by atoms with Crippen LogP contribution in [0, 0.1) is 0 Å². The number of nitrogens with zero attached hydrogens (tertiary/aromatic N) is 4. The molecule has 2 amide bonds. The molecule has 1 fully saturated rings. The number of anilines is 1. The van der Waals surface area contributed by atoms with Crippen LogP contribution in [0.1, 0.15) is 17.4 Å². The molecule has 2 heterocycles. The summed E-state index contributed by atoms with van der Waals surface area (Å²) in [5, 5.41) is 3.96. The second kappa shape index (κ2) is 5.81. The average molecular weight is 281 g/mol. The van der Waals surface area contributed by atoms with Crippen molar-refractivity contribution in [3.8, 4) is 0 Å². The van der Waals surface area contributed by atoms with E-state index in [0.29, 0.717) is 44.2 Å². The van der Waals surface area contributed by atoms with Gasteiger partial charge in [0.05, 0.1) is 18.5 Å². The maximum atomic E-state index is 12.4. The minimum absolute atomic E-state index is 0.161. The monoisotopic (exact) mass is 281 g/mol. The molecule has 2 N–H and O–H groups in total. The number of ether oxygens (including phenoxy) is 1. The van der Waals surface area contributed by atoms with E-state index in [1.165, 1.54) is 10.9 Å². The summed E-state index contributed by atoms with van der Waals surface area (Å²) < 4.78 is 6.40. The molecule has 110 valence electrons. The van der Waals surface area contributed by atoms with Crippen LogP contribution in [0.15, 0.2) is 6.20 Å². The predicted octanol–water partition coefficient (Wildman–Crippen LogP) is -0.0834. The molecule has 0 aromatic carbocycles. The highest BCUT2D eigenvalue weighted by Crippen LogP contribution is 2.14. The lowest BCUT2D eigenvalue weighted by molar-refractivity contribution is 0.0562. The third-order valence-electron chi connectivity index (χ3n) is 3.26. The fraction of sp³-hybridized carbons (Fsp3) is 0.583. The maximum absolute atomic E-state index is 12.4. The Morgan fingerprint density at radius 1 is 1.30 bits per heavy atom. The van der Waals surface area contributed by atoms with Crippen molar-refractivity contribution in [1.29, 1.82) is 0 Å². The third kappa shape index (κ3) is 2.68.